The Kier molecular flexibility index (Phi) is 4.57. The first-order valence-electron chi connectivity index (χ1n) is 7.92. The summed E-state index contributed by atoms with van der Waals surface area (Å²) in [6, 6.07) is 3.48. The SMILES string of the molecule is Cn1cc(C(=O)N2CCCC2)cc(NC(=O)c2ccc([N+](=O)[O-])o2)c1=O. The van der Waals surface area contributed by atoms with E-state index in [1.807, 2.05) is 0 Å². The van der Waals surface area contributed by atoms with E-state index >= 15 is 0 Å². The van der Waals surface area contributed by atoms with Gasteiger partial charge in [0.1, 0.15) is 10.6 Å². The van der Waals surface area contributed by atoms with E-state index in [2.05, 4.69) is 5.32 Å². The van der Waals surface area contributed by atoms with E-state index in [1.54, 1.807) is 4.90 Å². The fraction of sp³-hybridized carbons (Fsp3) is 0.312. The fourth-order valence-electron chi connectivity index (χ4n) is 2.75. The smallest absolute Gasteiger partial charge is 0.395 e. The highest BCUT2D eigenvalue weighted by atomic mass is 16.6. The number of pyridine rings is 1. The van der Waals surface area contributed by atoms with E-state index < -0.39 is 22.3 Å². The summed E-state index contributed by atoms with van der Waals surface area (Å²) in [5.74, 6) is -1.93. The first-order chi connectivity index (χ1) is 12.4. The first-order valence-corrected chi connectivity index (χ1v) is 7.92. The molecule has 0 atom stereocenters. The van der Waals surface area contributed by atoms with Gasteiger partial charge in [-0.3, -0.25) is 24.5 Å². The van der Waals surface area contributed by atoms with Crippen molar-refractivity contribution in [3.05, 3.63) is 56.2 Å². The predicted molar refractivity (Wildman–Crippen MR) is 90.1 cm³/mol. The molecule has 26 heavy (non-hydrogen) atoms. The normalized spacial score (nSPS) is 13.7. The van der Waals surface area contributed by atoms with Gasteiger partial charge in [0, 0.05) is 26.3 Å². The van der Waals surface area contributed by atoms with Crippen LogP contribution in [0, 0.1) is 10.1 Å². The minimum absolute atomic E-state index is 0.110. The molecule has 1 saturated heterocycles. The molecular weight excluding hydrogens is 344 g/mol. The summed E-state index contributed by atoms with van der Waals surface area (Å²) in [6.45, 7) is 1.30. The Labute approximate surface area is 147 Å². The van der Waals surface area contributed by atoms with Gasteiger partial charge in [0.2, 0.25) is 0 Å². The summed E-state index contributed by atoms with van der Waals surface area (Å²) in [5, 5.41) is 13.0. The molecule has 2 aromatic rings. The molecule has 1 aliphatic rings. The molecule has 0 bridgehead atoms. The number of nitrogens with zero attached hydrogens (tertiary/aromatic N) is 3. The number of aromatic nitrogens is 1. The van der Waals surface area contributed by atoms with E-state index in [1.165, 1.54) is 23.9 Å². The maximum atomic E-state index is 12.5. The van der Waals surface area contributed by atoms with Gasteiger partial charge >= 0.3 is 5.88 Å². The maximum Gasteiger partial charge on any atom is 0.433 e. The second-order valence-electron chi connectivity index (χ2n) is 5.91. The number of aryl methyl sites for hydroxylation is 1. The van der Waals surface area contributed by atoms with E-state index in [9.17, 15) is 24.5 Å². The maximum absolute atomic E-state index is 12.5. The molecule has 0 spiro atoms. The van der Waals surface area contributed by atoms with Crippen LogP contribution in [0.1, 0.15) is 33.8 Å². The monoisotopic (exact) mass is 360 g/mol. The van der Waals surface area contributed by atoms with Gasteiger partial charge in [-0.2, -0.15) is 0 Å². The Morgan fingerprint density at radius 3 is 2.58 bits per heavy atom. The lowest BCUT2D eigenvalue weighted by molar-refractivity contribution is -0.402. The van der Waals surface area contributed by atoms with Crippen LogP contribution in [-0.4, -0.2) is 39.3 Å². The van der Waals surface area contributed by atoms with Gasteiger partial charge in [0.05, 0.1) is 11.6 Å². The van der Waals surface area contributed by atoms with E-state index in [0.29, 0.717) is 13.1 Å². The average molecular weight is 360 g/mol. The number of hydrogen-bond donors (Lipinski definition) is 1. The van der Waals surface area contributed by atoms with Crippen LogP contribution in [-0.2, 0) is 7.05 Å². The molecule has 1 fully saturated rings. The van der Waals surface area contributed by atoms with Crippen molar-refractivity contribution >= 4 is 23.4 Å². The molecule has 3 heterocycles. The number of likely N-dealkylation sites (tertiary alicyclic amines) is 1. The van der Waals surface area contributed by atoms with Crippen molar-refractivity contribution < 1.29 is 18.9 Å². The van der Waals surface area contributed by atoms with Crippen molar-refractivity contribution in [1.29, 1.82) is 0 Å². The summed E-state index contributed by atoms with van der Waals surface area (Å²) >= 11 is 0. The zero-order valence-electron chi connectivity index (χ0n) is 13.9. The van der Waals surface area contributed by atoms with Crippen LogP contribution in [0.2, 0.25) is 0 Å². The van der Waals surface area contributed by atoms with Crippen LogP contribution in [0.5, 0.6) is 0 Å². The second kappa shape index (κ2) is 6.82. The van der Waals surface area contributed by atoms with Gasteiger partial charge in [0.15, 0.2) is 5.76 Å². The van der Waals surface area contributed by atoms with E-state index in [4.69, 9.17) is 4.42 Å². The largest absolute Gasteiger partial charge is 0.433 e. The molecule has 136 valence electrons. The molecule has 10 heteroatoms. The number of furan rings is 1. The van der Waals surface area contributed by atoms with Crippen molar-refractivity contribution in [2.24, 2.45) is 7.05 Å². The predicted octanol–water partition coefficient (Wildman–Crippen LogP) is 1.37. The number of carbonyl (C=O) groups excluding carboxylic acids is 2. The standard InChI is InChI=1S/C16H16N4O6/c1-18-9-10(15(22)19-6-2-3-7-19)8-11(16(18)23)17-14(21)12-4-5-13(26-12)20(24)25/h4-5,8-9H,2-3,6-7H2,1H3,(H,17,21). The summed E-state index contributed by atoms with van der Waals surface area (Å²) in [5.41, 5.74) is -0.353. The quantitative estimate of drug-likeness (QED) is 0.648. The van der Waals surface area contributed by atoms with E-state index in [-0.39, 0.29) is 22.9 Å². The molecule has 1 N–H and O–H groups in total. The van der Waals surface area contributed by atoms with Crippen LogP contribution in [0.15, 0.2) is 33.6 Å². The van der Waals surface area contributed by atoms with Crippen LogP contribution in [0.25, 0.3) is 0 Å². The molecule has 2 amide bonds. The summed E-state index contributed by atoms with van der Waals surface area (Å²) in [4.78, 5) is 48.4. The van der Waals surface area contributed by atoms with Crippen LogP contribution < -0.4 is 10.9 Å². The lowest BCUT2D eigenvalue weighted by atomic mass is 10.2. The molecule has 0 aliphatic carbocycles. The summed E-state index contributed by atoms with van der Waals surface area (Å²) in [7, 11) is 1.47. The average Bonchev–Trinajstić information content (AvgIpc) is 3.29. The van der Waals surface area contributed by atoms with Gasteiger partial charge in [-0.1, -0.05) is 0 Å². The van der Waals surface area contributed by atoms with Gasteiger partial charge < -0.3 is 19.2 Å². The van der Waals surface area contributed by atoms with Gasteiger partial charge in [-0.25, -0.2) is 0 Å². The molecule has 1 aliphatic heterocycles. The molecule has 0 unspecified atom stereocenters. The molecule has 3 rings (SSSR count). The number of carbonyl (C=O) groups is 2. The first kappa shape index (κ1) is 17.4. The topological polar surface area (TPSA) is 128 Å². The summed E-state index contributed by atoms with van der Waals surface area (Å²) < 4.78 is 6.01. The third-order valence-electron chi connectivity index (χ3n) is 4.07. The van der Waals surface area contributed by atoms with Crippen molar-refractivity contribution in [2.75, 3.05) is 18.4 Å². The number of rotatable bonds is 4. The molecule has 2 aromatic heterocycles. The Morgan fingerprint density at radius 1 is 1.27 bits per heavy atom. The van der Waals surface area contributed by atoms with Gasteiger partial charge in [-0.15, -0.1) is 0 Å². The number of nitrogens with one attached hydrogen (secondary N) is 1. The van der Waals surface area contributed by atoms with Gasteiger partial charge in [0.25, 0.3) is 17.4 Å². The molecule has 10 nitrogen and oxygen atoms in total. The Morgan fingerprint density at radius 2 is 1.96 bits per heavy atom. The summed E-state index contributed by atoms with van der Waals surface area (Å²) in [6.07, 6.45) is 3.27. The zero-order valence-corrected chi connectivity index (χ0v) is 13.9. The van der Waals surface area contributed by atoms with Crippen LogP contribution in [0.3, 0.4) is 0 Å². The molecule has 0 radical (unpaired) electrons. The van der Waals surface area contributed by atoms with Crippen molar-refractivity contribution in [1.82, 2.24) is 9.47 Å². The highest BCUT2D eigenvalue weighted by Crippen LogP contribution is 2.18. The highest BCUT2D eigenvalue weighted by Gasteiger charge is 2.22. The molecular formula is C16H16N4O6. The third-order valence-corrected chi connectivity index (χ3v) is 4.07. The Bertz CT molecular complexity index is 938. The highest BCUT2D eigenvalue weighted by molar-refractivity contribution is 6.03. The van der Waals surface area contributed by atoms with Crippen LogP contribution in [0.4, 0.5) is 11.6 Å². The van der Waals surface area contributed by atoms with E-state index in [0.717, 1.165) is 25.0 Å². The zero-order chi connectivity index (χ0) is 18.8. The number of anilines is 1. The number of nitro groups is 1. The minimum Gasteiger partial charge on any atom is -0.395 e. The van der Waals surface area contributed by atoms with Crippen LogP contribution >= 0.6 is 0 Å². The van der Waals surface area contributed by atoms with Gasteiger partial charge in [-0.05, 0) is 25.0 Å². The van der Waals surface area contributed by atoms with Crippen molar-refractivity contribution in [3.63, 3.8) is 0 Å². The number of hydrogen-bond acceptors (Lipinski definition) is 6. The lowest BCUT2D eigenvalue weighted by Crippen LogP contribution is -2.30. The number of amides is 2. The second-order valence-corrected chi connectivity index (χ2v) is 5.91. The van der Waals surface area contributed by atoms with Crippen molar-refractivity contribution in [2.45, 2.75) is 12.8 Å². The van der Waals surface area contributed by atoms with Crippen molar-refractivity contribution in [3.8, 4) is 0 Å². The molecule has 0 saturated carbocycles. The fourth-order valence-corrected chi connectivity index (χ4v) is 2.75. The lowest BCUT2D eigenvalue weighted by Gasteiger charge is -2.16. The Hall–Kier alpha value is -3.43. The minimum atomic E-state index is -0.819. The Balaban J connectivity index is 1.86. The molecule has 0 aromatic carbocycles. The third kappa shape index (κ3) is 3.34.